The van der Waals surface area contributed by atoms with Crippen molar-refractivity contribution in [3.63, 3.8) is 0 Å². The van der Waals surface area contributed by atoms with Crippen molar-refractivity contribution in [1.29, 1.82) is 0 Å². The van der Waals surface area contributed by atoms with E-state index in [1.807, 2.05) is 30.4 Å². The Bertz CT molecular complexity index is 631. The lowest BCUT2D eigenvalue weighted by molar-refractivity contribution is -0.136. The highest BCUT2D eigenvalue weighted by atomic mass is 32.1. The second-order valence-corrected chi connectivity index (χ2v) is 5.15. The fourth-order valence-electron chi connectivity index (χ4n) is 2.46. The molecule has 0 aromatic heterocycles. The van der Waals surface area contributed by atoms with Crippen LogP contribution >= 0.6 is 12.6 Å². The molecule has 2 atom stereocenters. The first-order valence-corrected chi connectivity index (χ1v) is 6.61. The van der Waals surface area contributed by atoms with E-state index in [-0.39, 0.29) is 17.8 Å². The van der Waals surface area contributed by atoms with Gasteiger partial charge in [0.1, 0.15) is 11.5 Å². The molecule has 0 amide bonds. The minimum absolute atomic E-state index is 0.104. The molecule has 4 nitrogen and oxygen atoms in total. The Kier molecular flexibility index (Phi) is 3.38. The van der Waals surface area contributed by atoms with Gasteiger partial charge in [-0.25, -0.2) is 0 Å². The number of carbonyl (C=O) groups excluding carboxylic acids is 1. The van der Waals surface area contributed by atoms with Crippen LogP contribution < -0.4 is 10.7 Å². The van der Waals surface area contributed by atoms with Gasteiger partial charge in [-0.1, -0.05) is 24.3 Å². The van der Waals surface area contributed by atoms with Crippen LogP contribution in [0.3, 0.4) is 0 Å². The Hall–Kier alpha value is -1.98. The zero-order valence-corrected chi connectivity index (χ0v) is 11.4. The third-order valence-corrected chi connectivity index (χ3v) is 3.69. The van der Waals surface area contributed by atoms with Crippen molar-refractivity contribution in [3.05, 3.63) is 64.8 Å². The van der Waals surface area contributed by atoms with Crippen molar-refractivity contribution in [1.82, 2.24) is 0 Å². The van der Waals surface area contributed by atoms with Gasteiger partial charge in [-0.2, -0.15) is 5.90 Å². The SMILES string of the molecule is NOc1ccc(C2C(=O)OC3=CC(S)=CC=CC32)cc1. The van der Waals surface area contributed by atoms with E-state index in [0.29, 0.717) is 11.5 Å². The van der Waals surface area contributed by atoms with Gasteiger partial charge in [0, 0.05) is 4.91 Å². The molecule has 5 heteroatoms. The normalized spacial score (nSPS) is 24.4. The topological polar surface area (TPSA) is 61.5 Å². The number of carbonyl (C=O) groups is 1. The summed E-state index contributed by atoms with van der Waals surface area (Å²) in [6.07, 6.45) is 7.49. The predicted octanol–water partition coefficient (Wildman–Crippen LogP) is 2.46. The van der Waals surface area contributed by atoms with Gasteiger partial charge >= 0.3 is 5.97 Å². The summed E-state index contributed by atoms with van der Waals surface area (Å²) in [7, 11) is 0. The molecule has 2 unspecified atom stereocenters. The van der Waals surface area contributed by atoms with Crippen LogP contribution in [0.4, 0.5) is 0 Å². The zero-order chi connectivity index (χ0) is 14.1. The molecule has 0 radical (unpaired) electrons. The molecule has 20 heavy (non-hydrogen) atoms. The number of hydrogen-bond donors (Lipinski definition) is 2. The number of nitrogens with two attached hydrogens (primary N) is 1. The van der Waals surface area contributed by atoms with Crippen molar-refractivity contribution >= 4 is 18.6 Å². The van der Waals surface area contributed by atoms with Crippen LogP contribution in [0.2, 0.25) is 0 Å². The molecule has 1 fully saturated rings. The second-order valence-electron chi connectivity index (χ2n) is 4.63. The van der Waals surface area contributed by atoms with Crippen LogP contribution in [-0.4, -0.2) is 5.97 Å². The molecule has 0 bridgehead atoms. The van der Waals surface area contributed by atoms with Crippen LogP contribution in [0, 0.1) is 5.92 Å². The number of rotatable bonds is 2. The standard InChI is InChI=1S/C15H13NO3S/c16-19-10-6-4-9(5-7-10)14-12-3-1-2-11(20)8-13(12)18-15(14)17/h1-8,12,14,20H,16H2. The highest BCUT2D eigenvalue weighted by Gasteiger charge is 2.41. The zero-order valence-electron chi connectivity index (χ0n) is 10.5. The third-order valence-electron chi connectivity index (χ3n) is 3.41. The molecule has 1 aromatic rings. The maximum Gasteiger partial charge on any atom is 0.319 e. The lowest BCUT2D eigenvalue weighted by Gasteiger charge is -2.12. The minimum atomic E-state index is -0.350. The van der Waals surface area contributed by atoms with E-state index in [4.69, 9.17) is 10.6 Å². The van der Waals surface area contributed by atoms with E-state index in [1.165, 1.54) is 0 Å². The monoisotopic (exact) mass is 287 g/mol. The molecule has 1 aliphatic heterocycles. The summed E-state index contributed by atoms with van der Waals surface area (Å²) in [6, 6.07) is 7.11. The van der Waals surface area contributed by atoms with Crippen molar-refractivity contribution in [2.24, 2.45) is 11.8 Å². The molecule has 2 N–H and O–H groups in total. The van der Waals surface area contributed by atoms with Crippen LogP contribution in [0.25, 0.3) is 0 Å². The van der Waals surface area contributed by atoms with Crippen molar-refractivity contribution in [2.45, 2.75) is 5.92 Å². The lowest BCUT2D eigenvalue weighted by Crippen LogP contribution is -2.12. The number of hydrogen-bond acceptors (Lipinski definition) is 5. The first-order valence-electron chi connectivity index (χ1n) is 6.16. The summed E-state index contributed by atoms with van der Waals surface area (Å²) < 4.78 is 5.36. The fraction of sp³-hybridized carbons (Fsp3) is 0.133. The Balaban J connectivity index is 1.97. The third kappa shape index (κ3) is 2.26. The number of esters is 1. The minimum Gasteiger partial charge on any atom is -0.430 e. The van der Waals surface area contributed by atoms with Gasteiger partial charge in [-0.15, -0.1) is 12.6 Å². The van der Waals surface area contributed by atoms with Crippen molar-refractivity contribution < 1.29 is 14.4 Å². The van der Waals surface area contributed by atoms with Crippen LogP contribution in [0.1, 0.15) is 11.5 Å². The van der Waals surface area contributed by atoms with Gasteiger partial charge in [-0.05, 0) is 29.8 Å². The van der Waals surface area contributed by atoms with Gasteiger partial charge in [-0.3, -0.25) is 4.79 Å². The highest BCUT2D eigenvalue weighted by Crippen LogP contribution is 2.41. The molecule has 1 saturated heterocycles. The maximum atomic E-state index is 12.1. The molecule has 0 saturated carbocycles. The van der Waals surface area contributed by atoms with E-state index in [0.717, 1.165) is 10.5 Å². The summed E-state index contributed by atoms with van der Waals surface area (Å²) in [6.45, 7) is 0. The molecule has 102 valence electrons. The summed E-state index contributed by atoms with van der Waals surface area (Å²) >= 11 is 4.30. The molecule has 1 heterocycles. The fourth-order valence-corrected chi connectivity index (χ4v) is 2.67. The molecular formula is C15H13NO3S. The molecular weight excluding hydrogens is 274 g/mol. The first-order chi connectivity index (χ1) is 9.69. The highest BCUT2D eigenvalue weighted by molar-refractivity contribution is 7.84. The Morgan fingerprint density at radius 3 is 2.70 bits per heavy atom. The van der Waals surface area contributed by atoms with E-state index in [9.17, 15) is 4.79 Å². The van der Waals surface area contributed by atoms with Gasteiger partial charge in [0.15, 0.2) is 0 Å². The van der Waals surface area contributed by atoms with E-state index >= 15 is 0 Å². The number of fused-ring (bicyclic) bond motifs is 1. The predicted molar refractivity (Wildman–Crippen MR) is 77.9 cm³/mol. The van der Waals surface area contributed by atoms with E-state index in [2.05, 4.69) is 17.5 Å². The van der Waals surface area contributed by atoms with Crippen molar-refractivity contribution in [3.8, 4) is 5.75 Å². The number of ether oxygens (including phenoxy) is 1. The smallest absolute Gasteiger partial charge is 0.319 e. The van der Waals surface area contributed by atoms with E-state index < -0.39 is 0 Å². The Morgan fingerprint density at radius 2 is 2.00 bits per heavy atom. The number of thiol groups is 1. The quantitative estimate of drug-likeness (QED) is 0.498. The second kappa shape index (κ2) is 5.19. The Labute approximate surface area is 121 Å². The van der Waals surface area contributed by atoms with Crippen molar-refractivity contribution in [2.75, 3.05) is 0 Å². The molecule has 1 aromatic carbocycles. The van der Waals surface area contributed by atoms with Crippen LogP contribution in [-0.2, 0) is 9.53 Å². The summed E-state index contributed by atoms with van der Waals surface area (Å²) in [4.78, 5) is 17.5. The first kappa shape index (κ1) is 13.0. The van der Waals surface area contributed by atoms with Gasteiger partial charge in [0.2, 0.25) is 0 Å². The van der Waals surface area contributed by atoms with E-state index in [1.54, 1.807) is 18.2 Å². The van der Waals surface area contributed by atoms with Gasteiger partial charge in [0.25, 0.3) is 0 Å². The summed E-state index contributed by atoms with van der Waals surface area (Å²) in [5.74, 6) is 5.57. The number of allylic oxidation sites excluding steroid dienone is 4. The molecule has 0 spiro atoms. The molecule has 3 rings (SSSR count). The van der Waals surface area contributed by atoms with Crippen LogP contribution in [0.15, 0.2) is 59.2 Å². The van der Waals surface area contributed by atoms with Crippen LogP contribution in [0.5, 0.6) is 5.75 Å². The lowest BCUT2D eigenvalue weighted by atomic mass is 9.86. The largest absolute Gasteiger partial charge is 0.430 e. The summed E-state index contributed by atoms with van der Waals surface area (Å²) in [5, 5.41) is 0. The molecule has 2 aliphatic rings. The molecule has 1 aliphatic carbocycles. The summed E-state index contributed by atoms with van der Waals surface area (Å²) in [5.41, 5.74) is 0.872. The number of benzene rings is 1. The average molecular weight is 287 g/mol. The Morgan fingerprint density at radius 1 is 1.25 bits per heavy atom. The van der Waals surface area contributed by atoms with Gasteiger partial charge < -0.3 is 9.57 Å². The average Bonchev–Trinajstić information content (AvgIpc) is 2.63. The maximum absolute atomic E-state index is 12.1. The van der Waals surface area contributed by atoms with Gasteiger partial charge in [0.05, 0.1) is 11.8 Å².